The van der Waals surface area contributed by atoms with Crippen molar-refractivity contribution < 1.29 is 9.72 Å². The number of carbonyl (C=O) groups excluding carboxylic acids is 1. The van der Waals surface area contributed by atoms with Crippen molar-refractivity contribution >= 4 is 27.4 Å². The van der Waals surface area contributed by atoms with E-state index in [1.165, 1.54) is 0 Å². The van der Waals surface area contributed by atoms with Crippen LogP contribution in [-0.4, -0.2) is 22.4 Å². The molecule has 8 heteroatoms. The zero-order chi connectivity index (χ0) is 10.6. The highest BCUT2D eigenvalue weighted by molar-refractivity contribution is 7.18. The first-order valence-corrected chi connectivity index (χ1v) is 4.55. The predicted molar refractivity (Wildman–Crippen MR) is 51.1 cm³/mol. The largest absolute Gasteiger partial charge is 0.345 e. The number of amides is 1. The Kier molecular flexibility index (Phi) is 3.48. The molecule has 0 aliphatic rings. The maximum absolute atomic E-state index is 11.0. The molecule has 1 amide bonds. The van der Waals surface area contributed by atoms with E-state index in [4.69, 9.17) is 5.73 Å². The number of carbonyl (C=O) groups is 1. The molecule has 0 atom stereocenters. The smallest absolute Gasteiger partial charge is 0.330 e. The van der Waals surface area contributed by atoms with Gasteiger partial charge in [-0.2, -0.15) is 0 Å². The van der Waals surface area contributed by atoms with Crippen LogP contribution in [0.4, 0.5) is 10.1 Å². The molecule has 1 aromatic heterocycles. The molecule has 1 heterocycles. The molecule has 3 N–H and O–H groups in total. The number of nitrogens with zero attached hydrogens (tertiary/aromatic N) is 2. The van der Waals surface area contributed by atoms with Gasteiger partial charge in [-0.3, -0.25) is 14.9 Å². The van der Waals surface area contributed by atoms with Crippen molar-refractivity contribution in [3.05, 3.63) is 16.3 Å². The molecule has 0 radical (unpaired) electrons. The van der Waals surface area contributed by atoms with Gasteiger partial charge in [-0.1, -0.05) is 0 Å². The van der Waals surface area contributed by atoms with E-state index in [2.05, 4.69) is 10.3 Å². The van der Waals surface area contributed by atoms with Crippen LogP contribution in [0.3, 0.4) is 0 Å². The highest BCUT2D eigenvalue weighted by Crippen LogP contribution is 2.24. The van der Waals surface area contributed by atoms with Crippen LogP contribution in [-0.2, 0) is 4.79 Å². The zero-order valence-corrected chi connectivity index (χ0v) is 7.91. The fourth-order valence-electron chi connectivity index (χ4n) is 0.721. The van der Waals surface area contributed by atoms with Gasteiger partial charge in [0.15, 0.2) is 5.13 Å². The van der Waals surface area contributed by atoms with Crippen LogP contribution in [0.5, 0.6) is 0 Å². The number of anilines is 1. The first kappa shape index (κ1) is 10.5. The second-order valence-corrected chi connectivity index (χ2v) is 3.36. The summed E-state index contributed by atoms with van der Waals surface area (Å²) in [6.07, 6.45) is 1.27. The minimum atomic E-state index is -0.559. The van der Waals surface area contributed by atoms with Gasteiger partial charge in [-0.05, 0) is 11.3 Å². The van der Waals surface area contributed by atoms with E-state index in [1.807, 2.05) is 0 Å². The first-order chi connectivity index (χ1) is 6.63. The van der Waals surface area contributed by atoms with Gasteiger partial charge in [0.1, 0.15) is 6.20 Å². The Balaban J connectivity index is 2.59. The third kappa shape index (κ3) is 2.75. The Bertz CT molecular complexity index is 351. The Labute approximate surface area is 83.1 Å². The fraction of sp³-hybridized carbons (Fsp3) is 0.333. The monoisotopic (exact) mass is 216 g/mol. The molecule has 7 nitrogen and oxygen atoms in total. The molecule has 0 saturated carbocycles. The van der Waals surface area contributed by atoms with Gasteiger partial charge in [0.25, 0.3) is 0 Å². The average molecular weight is 216 g/mol. The van der Waals surface area contributed by atoms with Crippen molar-refractivity contribution in [2.45, 2.75) is 6.42 Å². The maximum Gasteiger partial charge on any atom is 0.345 e. The molecule has 1 aromatic rings. The van der Waals surface area contributed by atoms with Crippen molar-refractivity contribution in [1.82, 2.24) is 4.98 Å². The lowest BCUT2D eigenvalue weighted by Crippen LogP contribution is -2.15. The number of hydrogen-bond donors (Lipinski definition) is 2. The molecule has 0 bridgehead atoms. The van der Waals surface area contributed by atoms with E-state index in [0.29, 0.717) is 0 Å². The Morgan fingerprint density at radius 1 is 1.79 bits per heavy atom. The summed E-state index contributed by atoms with van der Waals surface area (Å²) in [7, 11) is 0. The summed E-state index contributed by atoms with van der Waals surface area (Å²) in [6, 6.07) is 0. The molecule has 0 unspecified atom stereocenters. The first-order valence-electron chi connectivity index (χ1n) is 3.73. The maximum atomic E-state index is 11.0. The Morgan fingerprint density at radius 3 is 3.00 bits per heavy atom. The molecule has 1 rings (SSSR count). The van der Waals surface area contributed by atoms with E-state index in [1.54, 1.807) is 0 Å². The minimum absolute atomic E-state index is 0.104. The third-order valence-corrected chi connectivity index (χ3v) is 2.16. The molecule has 0 aromatic carbocycles. The molecule has 0 fully saturated rings. The summed E-state index contributed by atoms with van der Waals surface area (Å²) >= 11 is 0.812. The molecule has 76 valence electrons. The van der Waals surface area contributed by atoms with Gasteiger partial charge >= 0.3 is 5.00 Å². The van der Waals surface area contributed by atoms with Crippen LogP contribution in [0, 0.1) is 10.1 Å². The van der Waals surface area contributed by atoms with Crippen molar-refractivity contribution in [3.8, 4) is 0 Å². The average Bonchev–Trinajstić information content (AvgIpc) is 2.53. The Hall–Kier alpha value is -1.54. The second kappa shape index (κ2) is 4.63. The highest BCUT2D eigenvalue weighted by atomic mass is 32.1. The minimum Gasteiger partial charge on any atom is -0.330 e. The van der Waals surface area contributed by atoms with Gasteiger partial charge < -0.3 is 11.1 Å². The number of hydrogen-bond acceptors (Lipinski definition) is 6. The topological polar surface area (TPSA) is 111 Å². The SMILES string of the molecule is NCCC(=O)Nc1ncc([N+](=O)[O-])s1. The molecule has 0 aliphatic heterocycles. The summed E-state index contributed by atoms with van der Waals surface area (Å²) in [5.74, 6) is -0.295. The standard InChI is InChI=1S/C6H8N4O3S/c7-2-1-4(11)9-6-8-3-5(14-6)10(12)13/h3H,1-2,7H2,(H,8,9,11). The number of nitrogens with one attached hydrogen (secondary N) is 1. The molecular weight excluding hydrogens is 208 g/mol. The van der Waals surface area contributed by atoms with Crippen molar-refractivity contribution in [3.63, 3.8) is 0 Å². The lowest BCUT2D eigenvalue weighted by molar-refractivity contribution is -0.380. The van der Waals surface area contributed by atoms with Crippen molar-refractivity contribution in [2.75, 3.05) is 11.9 Å². The molecule has 0 spiro atoms. The van der Waals surface area contributed by atoms with Crippen LogP contribution < -0.4 is 11.1 Å². The summed E-state index contributed by atoms with van der Waals surface area (Å²) in [5, 5.41) is 12.8. The summed E-state index contributed by atoms with van der Waals surface area (Å²) < 4.78 is 0. The van der Waals surface area contributed by atoms with E-state index in [9.17, 15) is 14.9 Å². The molecule has 14 heavy (non-hydrogen) atoms. The van der Waals surface area contributed by atoms with Gasteiger partial charge in [-0.25, -0.2) is 4.98 Å². The quantitative estimate of drug-likeness (QED) is 0.556. The number of aromatic nitrogens is 1. The number of rotatable bonds is 4. The van der Waals surface area contributed by atoms with Gasteiger partial charge in [0, 0.05) is 13.0 Å². The summed E-state index contributed by atoms with van der Waals surface area (Å²) in [6.45, 7) is 0.235. The van der Waals surface area contributed by atoms with Gasteiger partial charge in [0.05, 0.1) is 4.92 Å². The van der Waals surface area contributed by atoms with E-state index >= 15 is 0 Å². The normalized spacial score (nSPS) is 9.79. The highest BCUT2D eigenvalue weighted by Gasteiger charge is 2.12. The number of nitro groups is 1. The molecular formula is C6H8N4O3S. The number of thiazole rings is 1. The second-order valence-electron chi connectivity index (χ2n) is 2.35. The van der Waals surface area contributed by atoms with Crippen molar-refractivity contribution in [2.24, 2.45) is 5.73 Å². The lowest BCUT2D eigenvalue weighted by atomic mass is 10.4. The summed E-state index contributed by atoms with van der Waals surface area (Å²) in [4.78, 5) is 24.4. The van der Waals surface area contributed by atoms with Crippen LogP contribution in [0.25, 0.3) is 0 Å². The molecule has 0 saturated heterocycles. The predicted octanol–water partition coefficient (Wildman–Crippen LogP) is 0.339. The van der Waals surface area contributed by atoms with E-state index in [0.717, 1.165) is 17.5 Å². The van der Waals surface area contributed by atoms with Crippen LogP contribution >= 0.6 is 11.3 Å². The van der Waals surface area contributed by atoms with Crippen LogP contribution in [0.1, 0.15) is 6.42 Å². The van der Waals surface area contributed by atoms with E-state index in [-0.39, 0.29) is 29.0 Å². The van der Waals surface area contributed by atoms with Gasteiger partial charge in [0.2, 0.25) is 5.91 Å². The van der Waals surface area contributed by atoms with Crippen LogP contribution in [0.2, 0.25) is 0 Å². The zero-order valence-electron chi connectivity index (χ0n) is 7.10. The van der Waals surface area contributed by atoms with E-state index < -0.39 is 4.92 Å². The third-order valence-electron chi connectivity index (χ3n) is 1.29. The number of nitrogens with two attached hydrogens (primary N) is 1. The van der Waals surface area contributed by atoms with Gasteiger partial charge in [-0.15, -0.1) is 0 Å². The van der Waals surface area contributed by atoms with Crippen LogP contribution in [0.15, 0.2) is 6.20 Å². The lowest BCUT2D eigenvalue weighted by Gasteiger charge is -1.96. The fourth-order valence-corrected chi connectivity index (χ4v) is 1.37. The Morgan fingerprint density at radius 2 is 2.50 bits per heavy atom. The summed E-state index contributed by atoms with van der Waals surface area (Å²) in [5.41, 5.74) is 5.15. The van der Waals surface area contributed by atoms with Crippen molar-refractivity contribution in [1.29, 1.82) is 0 Å². The molecule has 0 aliphatic carbocycles.